The number of amides is 1. The Morgan fingerprint density at radius 3 is 2.82 bits per heavy atom. The van der Waals surface area contributed by atoms with Gasteiger partial charge in [0.15, 0.2) is 0 Å². The largest absolute Gasteiger partial charge is 0.350 e. The van der Waals surface area contributed by atoms with Crippen molar-refractivity contribution in [2.75, 3.05) is 0 Å². The van der Waals surface area contributed by atoms with Gasteiger partial charge in [-0.1, -0.05) is 31.4 Å². The van der Waals surface area contributed by atoms with Crippen molar-refractivity contribution in [3.63, 3.8) is 0 Å². The van der Waals surface area contributed by atoms with Gasteiger partial charge in [0.25, 0.3) is 5.91 Å². The standard InChI is InChI=1S/C13H17BrClNO/c1-3-4-5-9(2)16-13(17)10-6-7-12(15)11(14)8-10/h6-9H,3-5H2,1-2H3,(H,16,17). The molecule has 1 aromatic carbocycles. The van der Waals surface area contributed by atoms with Crippen molar-refractivity contribution in [3.8, 4) is 0 Å². The Kier molecular flexibility index (Phi) is 6.00. The van der Waals surface area contributed by atoms with Crippen LogP contribution in [0, 0.1) is 0 Å². The molecule has 0 heterocycles. The number of hydrogen-bond donors (Lipinski definition) is 1. The van der Waals surface area contributed by atoms with E-state index in [1.807, 2.05) is 6.92 Å². The fourth-order valence-corrected chi connectivity index (χ4v) is 2.02. The fourth-order valence-electron chi connectivity index (χ4n) is 1.53. The first-order valence-electron chi connectivity index (χ1n) is 5.80. The molecular formula is C13H17BrClNO. The van der Waals surface area contributed by atoms with E-state index in [9.17, 15) is 4.79 Å². The van der Waals surface area contributed by atoms with Gasteiger partial charge in [-0.15, -0.1) is 0 Å². The van der Waals surface area contributed by atoms with Crippen LogP contribution >= 0.6 is 27.5 Å². The first kappa shape index (κ1) is 14.5. The van der Waals surface area contributed by atoms with Gasteiger partial charge in [0.2, 0.25) is 0 Å². The molecular weight excluding hydrogens is 302 g/mol. The number of carbonyl (C=O) groups is 1. The van der Waals surface area contributed by atoms with Gasteiger partial charge in [-0.05, 0) is 47.5 Å². The lowest BCUT2D eigenvalue weighted by atomic mass is 10.1. The Labute approximate surface area is 116 Å². The number of halogens is 2. The van der Waals surface area contributed by atoms with Crippen molar-refractivity contribution in [2.24, 2.45) is 0 Å². The number of carbonyl (C=O) groups excluding carboxylic acids is 1. The van der Waals surface area contributed by atoms with Crippen molar-refractivity contribution >= 4 is 33.4 Å². The van der Waals surface area contributed by atoms with Crippen LogP contribution in [0.5, 0.6) is 0 Å². The van der Waals surface area contributed by atoms with Gasteiger partial charge in [0.05, 0.1) is 5.02 Å². The molecule has 17 heavy (non-hydrogen) atoms. The third-order valence-corrected chi connectivity index (χ3v) is 3.76. The summed E-state index contributed by atoms with van der Waals surface area (Å²) in [5, 5.41) is 3.59. The maximum atomic E-state index is 11.9. The molecule has 4 heteroatoms. The third kappa shape index (κ3) is 4.68. The molecule has 1 rings (SSSR count). The predicted molar refractivity (Wildman–Crippen MR) is 75.6 cm³/mol. The molecule has 2 nitrogen and oxygen atoms in total. The second-order valence-corrected chi connectivity index (χ2v) is 5.41. The lowest BCUT2D eigenvalue weighted by Gasteiger charge is -2.13. The van der Waals surface area contributed by atoms with Crippen molar-refractivity contribution in [1.82, 2.24) is 5.32 Å². The highest BCUT2D eigenvalue weighted by Crippen LogP contribution is 2.23. The van der Waals surface area contributed by atoms with Crippen LogP contribution in [0.15, 0.2) is 22.7 Å². The summed E-state index contributed by atoms with van der Waals surface area (Å²) in [6, 6.07) is 5.40. The summed E-state index contributed by atoms with van der Waals surface area (Å²) in [4.78, 5) is 11.9. The van der Waals surface area contributed by atoms with Crippen molar-refractivity contribution in [1.29, 1.82) is 0 Å². The van der Waals surface area contributed by atoms with E-state index in [4.69, 9.17) is 11.6 Å². The van der Waals surface area contributed by atoms with Crippen LogP contribution in [0.1, 0.15) is 43.5 Å². The van der Waals surface area contributed by atoms with Crippen LogP contribution in [0.4, 0.5) is 0 Å². The van der Waals surface area contributed by atoms with E-state index in [0.29, 0.717) is 10.6 Å². The number of nitrogens with one attached hydrogen (secondary N) is 1. The summed E-state index contributed by atoms with van der Waals surface area (Å²) >= 11 is 9.19. The molecule has 0 saturated heterocycles. The highest BCUT2D eigenvalue weighted by Gasteiger charge is 2.10. The highest BCUT2D eigenvalue weighted by molar-refractivity contribution is 9.10. The van der Waals surface area contributed by atoms with Crippen LogP contribution in [-0.2, 0) is 0 Å². The van der Waals surface area contributed by atoms with Crippen LogP contribution in [-0.4, -0.2) is 11.9 Å². The zero-order valence-electron chi connectivity index (χ0n) is 10.1. The molecule has 0 aliphatic rings. The Hall–Kier alpha value is -0.540. The summed E-state index contributed by atoms with van der Waals surface area (Å²) < 4.78 is 0.744. The molecule has 0 spiro atoms. The van der Waals surface area contributed by atoms with Crippen LogP contribution < -0.4 is 5.32 Å². The normalized spacial score (nSPS) is 12.2. The van der Waals surface area contributed by atoms with Crippen molar-refractivity contribution in [3.05, 3.63) is 33.3 Å². The summed E-state index contributed by atoms with van der Waals surface area (Å²) in [6.45, 7) is 4.17. The lowest BCUT2D eigenvalue weighted by Crippen LogP contribution is -2.32. The molecule has 0 aliphatic carbocycles. The van der Waals surface area contributed by atoms with E-state index in [-0.39, 0.29) is 11.9 Å². The van der Waals surface area contributed by atoms with E-state index in [0.717, 1.165) is 23.7 Å². The Balaban J connectivity index is 2.60. The lowest BCUT2D eigenvalue weighted by molar-refractivity contribution is 0.0938. The molecule has 1 aromatic rings. The number of rotatable bonds is 5. The summed E-state index contributed by atoms with van der Waals surface area (Å²) in [7, 11) is 0. The van der Waals surface area contributed by atoms with Crippen LogP contribution in [0.3, 0.4) is 0 Å². The molecule has 0 aliphatic heterocycles. The summed E-state index contributed by atoms with van der Waals surface area (Å²) in [5.41, 5.74) is 0.629. The smallest absolute Gasteiger partial charge is 0.251 e. The van der Waals surface area contributed by atoms with Gasteiger partial charge in [-0.25, -0.2) is 0 Å². The van der Waals surface area contributed by atoms with E-state index in [1.54, 1.807) is 18.2 Å². The van der Waals surface area contributed by atoms with Gasteiger partial charge in [-0.3, -0.25) is 4.79 Å². The maximum absolute atomic E-state index is 11.9. The van der Waals surface area contributed by atoms with Crippen molar-refractivity contribution < 1.29 is 4.79 Å². The van der Waals surface area contributed by atoms with Crippen molar-refractivity contribution in [2.45, 2.75) is 39.2 Å². The van der Waals surface area contributed by atoms with Crippen LogP contribution in [0.2, 0.25) is 5.02 Å². The zero-order chi connectivity index (χ0) is 12.8. The quantitative estimate of drug-likeness (QED) is 0.856. The second kappa shape index (κ2) is 7.02. The molecule has 0 fully saturated rings. The van der Waals surface area contributed by atoms with E-state index in [1.165, 1.54) is 0 Å². The first-order chi connectivity index (χ1) is 8.04. The van der Waals surface area contributed by atoms with E-state index >= 15 is 0 Å². The molecule has 1 unspecified atom stereocenters. The number of unbranched alkanes of at least 4 members (excludes halogenated alkanes) is 1. The fraction of sp³-hybridized carbons (Fsp3) is 0.462. The summed E-state index contributed by atoms with van der Waals surface area (Å²) in [6.07, 6.45) is 3.29. The van der Waals surface area contributed by atoms with E-state index < -0.39 is 0 Å². The van der Waals surface area contributed by atoms with Gasteiger partial charge in [0, 0.05) is 16.1 Å². The summed E-state index contributed by atoms with van der Waals surface area (Å²) in [5.74, 6) is -0.0500. The highest BCUT2D eigenvalue weighted by atomic mass is 79.9. The third-order valence-electron chi connectivity index (χ3n) is 2.55. The molecule has 1 atom stereocenters. The average molecular weight is 319 g/mol. The average Bonchev–Trinajstić information content (AvgIpc) is 2.30. The predicted octanol–water partition coefficient (Wildman–Crippen LogP) is 4.41. The van der Waals surface area contributed by atoms with Gasteiger partial charge >= 0.3 is 0 Å². The minimum Gasteiger partial charge on any atom is -0.350 e. The SMILES string of the molecule is CCCCC(C)NC(=O)c1ccc(Cl)c(Br)c1. The first-order valence-corrected chi connectivity index (χ1v) is 6.97. The van der Waals surface area contributed by atoms with E-state index in [2.05, 4.69) is 28.2 Å². The maximum Gasteiger partial charge on any atom is 0.251 e. The molecule has 94 valence electrons. The zero-order valence-corrected chi connectivity index (χ0v) is 12.4. The Morgan fingerprint density at radius 1 is 1.53 bits per heavy atom. The number of hydrogen-bond acceptors (Lipinski definition) is 1. The van der Waals surface area contributed by atoms with Gasteiger partial charge in [0.1, 0.15) is 0 Å². The Morgan fingerprint density at radius 2 is 2.24 bits per heavy atom. The van der Waals surface area contributed by atoms with Crippen LogP contribution in [0.25, 0.3) is 0 Å². The van der Waals surface area contributed by atoms with Gasteiger partial charge < -0.3 is 5.32 Å². The number of benzene rings is 1. The topological polar surface area (TPSA) is 29.1 Å². The monoisotopic (exact) mass is 317 g/mol. The molecule has 0 aromatic heterocycles. The molecule has 0 saturated carbocycles. The van der Waals surface area contributed by atoms with Gasteiger partial charge in [-0.2, -0.15) is 0 Å². The molecule has 0 radical (unpaired) electrons. The molecule has 1 amide bonds. The molecule has 0 bridgehead atoms. The Bertz CT molecular complexity index is 395. The minimum absolute atomic E-state index is 0.0500. The minimum atomic E-state index is -0.0500. The molecule has 1 N–H and O–H groups in total. The second-order valence-electron chi connectivity index (χ2n) is 4.15.